The van der Waals surface area contributed by atoms with Crippen LogP contribution >= 0.6 is 11.6 Å². The van der Waals surface area contributed by atoms with Crippen LogP contribution in [0.5, 0.6) is 0 Å². The third-order valence-corrected chi connectivity index (χ3v) is 6.47. The predicted molar refractivity (Wildman–Crippen MR) is 147 cm³/mol. The minimum atomic E-state index is -0.787. The fraction of sp³-hybridized carbons (Fsp3) is 0.250. The summed E-state index contributed by atoms with van der Waals surface area (Å²) in [6, 6.07) is 17.8. The maximum atomic E-state index is 13.7. The zero-order valence-electron chi connectivity index (χ0n) is 21.2. The molecule has 2 amide bonds. The van der Waals surface area contributed by atoms with Gasteiger partial charge < -0.3 is 19.7 Å². The third kappa shape index (κ3) is 6.54. The van der Waals surface area contributed by atoms with Crippen LogP contribution in [0, 0.1) is 13.8 Å². The number of halogens is 1. The van der Waals surface area contributed by atoms with E-state index in [9.17, 15) is 14.4 Å². The highest BCUT2D eigenvalue weighted by Crippen LogP contribution is 2.38. The summed E-state index contributed by atoms with van der Waals surface area (Å²) >= 11 is 9.07. The van der Waals surface area contributed by atoms with Gasteiger partial charge in [0.2, 0.25) is 0 Å². The molecule has 1 N–H and O–H groups in total. The Morgan fingerprint density at radius 1 is 0.974 bits per heavy atom. The first-order valence-corrected chi connectivity index (χ1v) is 12.5. The van der Waals surface area contributed by atoms with Crippen molar-refractivity contribution in [1.29, 1.82) is 0 Å². The van der Waals surface area contributed by atoms with Crippen LogP contribution in [0.25, 0.3) is 0 Å². The predicted octanol–water partition coefficient (Wildman–Crippen LogP) is 6.14. The number of fused-ring (bicyclic) bond motifs is 1. The van der Waals surface area contributed by atoms with Crippen LogP contribution in [-0.2, 0) is 22.0 Å². The number of carbonyl (C=O) groups excluding carboxylic acids is 3. The number of benzene rings is 3. The van der Waals surface area contributed by atoms with Crippen LogP contribution in [0.2, 0.25) is 5.02 Å². The van der Waals surface area contributed by atoms with Crippen molar-refractivity contribution in [2.45, 2.75) is 32.8 Å². The number of methoxy groups -OCH3 is 1. The smallest absolute Gasteiger partial charge is 0.438 e. The van der Waals surface area contributed by atoms with E-state index in [0.29, 0.717) is 52.5 Å². The molecule has 0 aliphatic carbocycles. The lowest BCUT2D eigenvalue weighted by atomic mass is 10.0. The average molecular weight is 555 g/mol. The van der Waals surface area contributed by atoms with Crippen LogP contribution < -0.4 is 10.2 Å². The van der Waals surface area contributed by atoms with Crippen LogP contribution in [0.15, 0.2) is 60.7 Å². The van der Waals surface area contributed by atoms with Crippen LogP contribution in [0.4, 0.5) is 16.2 Å². The Hall–Kier alpha value is -3.82. The largest absolute Gasteiger partial charge is 0.508 e. The number of carbonyl (C=O) groups is 3. The van der Waals surface area contributed by atoms with Gasteiger partial charge in [0, 0.05) is 33.9 Å². The fourth-order valence-electron chi connectivity index (χ4n) is 4.39. The Morgan fingerprint density at radius 2 is 1.71 bits per heavy atom. The summed E-state index contributed by atoms with van der Waals surface area (Å²) in [7, 11) is 1.25. The standard InChI is InChI=1S/C28H27ClN2O5.OS/c1-17-7-4-5-8-21(17)26(32)30-20-11-12-22(18(2)15-20)27(33)31-14-6-9-25(36-28(34)35-3)23-16-19(29)10-13-24(23)31;1-2/h4-5,7-8,10-13,15-16,25H,6,9,14H2,1-3H3,(H,30,32);. The van der Waals surface area contributed by atoms with Crippen molar-refractivity contribution in [3.05, 3.63) is 93.5 Å². The van der Waals surface area contributed by atoms with E-state index >= 15 is 0 Å². The molecule has 0 radical (unpaired) electrons. The van der Waals surface area contributed by atoms with Crippen molar-refractivity contribution in [1.82, 2.24) is 0 Å². The molecular weight excluding hydrogens is 528 g/mol. The van der Waals surface area contributed by atoms with Gasteiger partial charge in [-0.05, 0) is 80.3 Å². The van der Waals surface area contributed by atoms with E-state index in [0.717, 1.165) is 11.1 Å². The number of aryl methyl sites for hydroxylation is 2. The molecule has 8 nitrogen and oxygen atoms in total. The lowest BCUT2D eigenvalue weighted by molar-refractivity contribution is 0.0335. The Balaban J connectivity index is 0.00000195. The molecule has 3 aromatic carbocycles. The van der Waals surface area contributed by atoms with Gasteiger partial charge in [-0.1, -0.05) is 29.8 Å². The van der Waals surface area contributed by atoms with Gasteiger partial charge in [-0.2, -0.15) is 4.21 Å². The van der Waals surface area contributed by atoms with Crippen LogP contribution in [-0.4, -0.2) is 35.8 Å². The van der Waals surface area contributed by atoms with E-state index in [1.165, 1.54) is 7.11 Å². The molecule has 1 aliphatic heterocycles. The van der Waals surface area contributed by atoms with Crippen LogP contribution in [0.3, 0.4) is 0 Å². The second-order valence-electron chi connectivity index (χ2n) is 8.66. The number of amides is 2. The number of anilines is 2. The third-order valence-electron chi connectivity index (χ3n) is 6.23. The lowest BCUT2D eigenvalue weighted by Gasteiger charge is -2.25. The Bertz CT molecular complexity index is 1350. The molecule has 3 aromatic rings. The Kier molecular flexibility index (Phi) is 9.92. The summed E-state index contributed by atoms with van der Waals surface area (Å²) in [5.41, 5.74) is 4.60. The van der Waals surface area contributed by atoms with Crippen LogP contribution in [0.1, 0.15) is 56.4 Å². The highest BCUT2D eigenvalue weighted by Gasteiger charge is 2.30. The topological polar surface area (TPSA) is 102 Å². The van der Waals surface area contributed by atoms with Gasteiger partial charge in [0.15, 0.2) is 12.5 Å². The molecule has 0 aromatic heterocycles. The first-order chi connectivity index (χ1) is 18.3. The number of hydrogen-bond acceptors (Lipinski definition) is 7. The van der Waals surface area contributed by atoms with Gasteiger partial charge in [0.25, 0.3) is 11.8 Å². The van der Waals surface area contributed by atoms with Crippen molar-refractivity contribution in [2.24, 2.45) is 0 Å². The number of ether oxygens (including phenoxy) is 2. The van der Waals surface area contributed by atoms with Crippen molar-refractivity contribution in [3.8, 4) is 0 Å². The van der Waals surface area contributed by atoms with Crippen molar-refractivity contribution in [3.63, 3.8) is 0 Å². The molecule has 0 spiro atoms. The molecular formula is C28H27ClN2O6S. The first kappa shape index (κ1) is 28.7. The monoisotopic (exact) mass is 554 g/mol. The maximum Gasteiger partial charge on any atom is 0.508 e. The number of nitrogens with zero attached hydrogens (tertiary/aromatic N) is 1. The number of rotatable bonds is 4. The summed E-state index contributed by atoms with van der Waals surface area (Å²) in [6.07, 6.45) is -0.229. The van der Waals surface area contributed by atoms with Crippen molar-refractivity contribution in [2.75, 3.05) is 23.9 Å². The first-order valence-electron chi connectivity index (χ1n) is 11.8. The maximum absolute atomic E-state index is 13.7. The molecule has 10 heteroatoms. The minimum absolute atomic E-state index is 0.188. The highest BCUT2D eigenvalue weighted by atomic mass is 35.5. The van der Waals surface area contributed by atoms with E-state index in [2.05, 4.69) is 22.6 Å². The van der Waals surface area contributed by atoms with E-state index in [1.807, 2.05) is 32.0 Å². The van der Waals surface area contributed by atoms with Gasteiger partial charge in [-0.25, -0.2) is 4.79 Å². The fourth-order valence-corrected chi connectivity index (χ4v) is 4.57. The quantitative estimate of drug-likeness (QED) is 0.386. The van der Waals surface area contributed by atoms with Gasteiger partial charge in [-0.3, -0.25) is 9.59 Å². The van der Waals surface area contributed by atoms with E-state index < -0.39 is 12.3 Å². The second kappa shape index (κ2) is 13.1. The van der Waals surface area contributed by atoms with Gasteiger partial charge in [0.1, 0.15) is 6.10 Å². The Labute approximate surface area is 231 Å². The molecule has 0 fully saturated rings. The van der Waals surface area contributed by atoms with Gasteiger partial charge in [-0.15, -0.1) is 0 Å². The summed E-state index contributed by atoms with van der Waals surface area (Å²) in [6.45, 7) is 4.16. The molecule has 1 unspecified atom stereocenters. The average Bonchev–Trinajstić information content (AvgIpc) is 3.08. The van der Waals surface area contributed by atoms with Crippen molar-refractivity contribution >= 4 is 53.5 Å². The zero-order chi connectivity index (χ0) is 27.8. The van der Waals surface area contributed by atoms with Gasteiger partial charge in [0.05, 0.1) is 12.8 Å². The Morgan fingerprint density at radius 3 is 2.39 bits per heavy atom. The SMILES string of the molecule is COC(=O)OC1CCCN(C(=O)c2ccc(NC(=O)c3ccccc3C)cc2C)c2ccc(Cl)cc21.O=S. The minimum Gasteiger partial charge on any atom is -0.438 e. The zero-order valence-corrected chi connectivity index (χ0v) is 22.7. The number of hydrogen-bond donors (Lipinski definition) is 1. The van der Waals surface area contributed by atoms with E-state index in [-0.39, 0.29) is 11.8 Å². The van der Waals surface area contributed by atoms with Crippen molar-refractivity contribution < 1.29 is 28.1 Å². The summed E-state index contributed by atoms with van der Waals surface area (Å²) < 4.78 is 18.0. The molecule has 198 valence electrons. The van der Waals surface area contributed by atoms with Gasteiger partial charge >= 0.3 is 6.16 Å². The lowest BCUT2D eigenvalue weighted by Crippen LogP contribution is -2.32. The molecule has 1 atom stereocenters. The summed E-state index contributed by atoms with van der Waals surface area (Å²) in [5.74, 6) is -0.395. The summed E-state index contributed by atoms with van der Waals surface area (Å²) in [5, 5.41) is 3.39. The summed E-state index contributed by atoms with van der Waals surface area (Å²) in [4.78, 5) is 39.9. The molecule has 0 saturated carbocycles. The normalized spacial score (nSPS) is 14.2. The highest BCUT2D eigenvalue weighted by molar-refractivity contribution is 7.44. The van der Waals surface area contributed by atoms with E-state index in [1.54, 1.807) is 47.4 Å². The molecule has 1 aliphatic rings. The molecule has 38 heavy (non-hydrogen) atoms. The molecule has 4 rings (SSSR count). The molecule has 0 bridgehead atoms. The second-order valence-corrected chi connectivity index (χ2v) is 9.10. The molecule has 0 saturated heterocycles. The molecule has 1 heterocycles. The van der Waals surface area contributed by atoms with E-state index in [4.69, 9.17) is 20.5 Å². The number of nitrogens with one attached hydrogen (secondary N) is 1.